The predicted molar refractivity (Wildman–Crippen MR) is 126 cm³/mol. The van der Waals surface area contributed by atoms with Gasteiger partial charge in [0.2, 0.25) is 5.91 Å². The summed E-state index contributed by atoms with van der Waals surface area (Å²) in [6.07, 6.45) is 0.742. The van der Waals surface area contributed by atoms with Crippen LogP contribution in [-0.2, 0) is 16.1 Å². The fourth-order valence-electron chi connectivity index (χ4n) is 3.95. The lowest BCUT2D eigenvalue weighted by atomic mass is 9.98. The number of anilines is 1. The molecule has 0 radical (unpaired) electrons. The molecular formula is C27H23F2N3O3. The van der Waals surface area contributed by atoms with Crippen molar-refractivity contribution in [3.63, 3.8) is 0 Å². The number of nitrogens with zero attached hydrogens (tertiary/aromatic N) is 1. The van der Waals surface area contributed by atoms with Gasteiger partial charge in [0.1, 0.15) is 17.2 Å². The Kier molecular flexibility index (Phi) is 7.06. The Morgan fingerprint density at radius 1 is 1.09 bits per heavy atom. The van der Waals surface area contributed by atoms with Gasteiger partial charge >= 0.3 is 5.97 Å². The number of methoxy groups -OCH3 is 1. The Bertz CT molecular complexity index is 1300. The van der Waals surface area contributed by atoms with Gasteiger partial charge in [0, 0.05) is 30.3 Å². The second kappa shape index (κ2) is 10.3. The van der Waals surface area contributed by atoms with Crippen molar-refractivity contribution in [2.24, 2.45) is 11.8 Å². The highest BCUT2D eigenvalue weighted by molar-refractivity contribution is 5.97. The van der Waals surface area contributed by atoms with E-state index in [1.165, 1.54) is 24.3 Å². The highest BCUT2D eigenvalue weighted by Gasteiger charge is 2.42. The van der Waals surface area contributed by atoms with Crippen LogP contribution in [0.1, 0.15) is 27.9 Å². The third kappa shape index (κ3) is 5.46. The highest BCUT2D eigenvalue weighted by atomic mass is 19.1. The molecule has 8 heteroatoms. The lowest BCUT2D eigenvalue weighted by Gasteiger charge is -2.11. The Morgan fingerprint density at radius 3 is 2.54 bits per heavy atom. The first-order valence-electron chi connectivity index (χ1n) is 11.1. The van der Waals surface area contributed by atoms with E-state index in [4.69, 9.17) is 5.26 Å². The molecule has 2 atom stereocenters. The van der Waals surface area contributed by atoms with Gasteiger partial charge in [-0.1, -0.05) is 24.3 Å². The summed E-state index contributed by atoms with van der Waals surface area (Å²) >= 11 is 0. The molecule has 0 unspecified atom stereocenters. The van der Waals surface area contributed by atoms with Crippen molar-refractivity contribution in [2.75, 3.05) is 19.0 Å². The minimum atomic E-state index is -0.845. The SMILES string of the molecule is COC(=O)c1c(F)cccc1-c1ccc(CNC(=O)[C@@H]2C[C@H]2CNc2ccc(C#N)cc2)c(F)c1. The monoisotopic (exact) mass is 475 g/mol. The molecule has 1 amide bonds. The van der Waals surface area contributed by atoms with Crippen LogP contribution in [0.15, 0.2) is 60.7 Å². The maximum absolute atomic E-state index is 14.8. The third-order valence-electron chi connectivity index (χ3n) is 6.06. The first-order chi connectivity index (χ1) is 16.9. The number of hydrogen-bond donors (Lipinski definition) is 2. The largest absolute Gasteiger partial charge is 0.465 e. The standard InChI is InChI=1S/C27H23F2N3O3/c1-35-27(34)25-21(3-2-4-23(25)28)17-7-8-18(24(29)12-17)14-32-26(33)22-11-19(22)15-31-20-9-5-16(13-30)6-10-20/h2-10,12,19,22,31H,11,14-15H2,1H3,(H,32,33)/t19-,22+/m0/s1. The molecule has 2 N–H and O–H groups in total. The molecule has 6 nitrogen and oxygen atoms in total. The van der Waals surface area contributed by atoms with Crippen LogP contribution in [0.3, 0.4) is 0 Å². The van der Waals surface area contributed by atoms with E-state index in [0.717, 1.165) is 25.3 Å². The average Bonchev–Trinajstić information content (AvgIpc) is 3.66. The lowest BCUT2D eigenvalue weighted by molar-refractivity contribution is -0.122. The first kappa shape index (κ1) is 23.9. The molecule has 0 aliphatic heterocycles. The van der Waals surface area contributed by atoms with Gasteiger partial charge in [-0.15, -0.1) is 0 Å². The molecule has 3 aromatic rings. The van der Waals surface area contributed by atoms with Gasteiger partial charge in [-0.2, -0.15) is 5.26 Å². The molecule has 1 aliphatic carbocycles. The molecular weight excluding hydrogens is 452 g/mol. The average molecular weight is 475 g/mol. The maximum atomic E-state index is 14.8. The Hall–Kier alpha value is -4.25. The fraction of sp³-hybridized carbons (Fsp3) is 0.222. The number of carbonyl (C=O) groups excluding carboxylic acids is 2. The molecule has 0 spiro atoms. The van der Waals surface area contributed by atoms with Crippen molar-refractivity contribution in [3.8, 4) is 17.2 Å². The quantitative estimate of drug-likeness (QED) is 0.463. The normalized spacial score (nSPS) is 16.2. The van der Waals surface area contributed by atoms with Crippen molar-refractivity contribution >= 4 is 17.6 Å². The molecule has 0 aromatic heterocycles. The molecule has 1 aliphatic rings. The van der Waals surface area contributed by atoms with E-state index in [2.05, 4.69) is 21.4 Å². The maximum Gasteiger partial charge on any atom is 0.341 e. The molecule has 0 bridgehead atoms. The van der Waals surface area contributed by atoms with Crippen molar-refractivity contribution in [3.05, 3.63) is 89.0 Å². The van der Waals surface area contributed by atoms with E-state index in [1.807, 2.05) is 12.1 Å². The number of hydrogen-bond acceptors (Lipinski definition) is 5. The molecule has 0 heterocycles. The summed E-state index contributed by atoms with van der Waals surface area (Å²) in [4.78, 5) is 24.5. The Morgan fingerprint density at radius 2 is 1.86 bits per heavy atom. The van der Waals surface area contributed by atoms with Gasteiger partial charge < -0.3 is 15.4 Å². The van der Waals surface area contributed by atoms with Crippen LogP contribution < -0.4 is 10.6 Å². The van der Waals surface area contributed by atoms with Crippen LogP contribution in [0.2, 0.25) is 0 Å². The zero-order valence-corrected chi connectivity index (χ0v) is 19.0. The topological polar surface area (TPSA) is 91.2 Å². The molecule has 1 fully saturated rings. The van der Waals surface area contributed by atoms with Crippen LogP contribution in [-0.4, -0.2) is 25.5 Å². The van der Waals surface area contributed by atoms with Crippen LogP contribution >= 0.6 is 0 Å². The summed E-state index contributed by atoms with van der Waals surface area (Å²) in [5.74, 6) is -2.27. The third-order valence-corrected chi connectivity index (χ3v) is 6.06. The van der Waals surface area contributed by atoms with Gasteiger partial charge in [-0.3, -0.25) is 4.79 Å². The smallest absolute Gasteiger partial charge is 0.341 e. The molecule has 1 saturated carbocycles. The van der Waals surface area contributed by atoms with Gasteiger partial charge in [0.15, 0.2) is 0 Å². The predicted octanol–water partition coefficient (Wildman–Crippen LogP) is 4.65. The van der Waals surface area contributed by atoms with Gasteiger partial charge in [0.25, 0.3) is 0 Å². The van der Waals surface area contributed by atoms with Crippen molar-refractivity contribution < 1.29 is 23.1 Å². The molecule has 35 heavy (non-hydrogen) atoms. The molecule has 4 rings (SSSR count). The molecule has 3 aromatic carbocycles. The van der Waals surface area contributed by atoms with Gasteiger partial charge in [0.05, 0.1) is 18.7 Å². The van der Waals surface area contributed by atoms with E-state index in [1.54, 1.807) is 18.2 Å². The van der Waals surface area contributed by atoms with Crippen LogP contribution in [0.5, 0.6) is 0 Å². The van der Waals surface area contributed by atoms with Crippen LogP contribution in [0.25, 0.3) is 11.1 Å². The zero-order valence-electron chi connectivity index (χ0n) is 19.0. The van der Waals surface area contributed by atoms with E-state index >= 15 is 0 Å². The van der Waals surface area contributed by atoms with E-state index in [-0.39, 0.29) is 41.0 Å². The number of ether oxygens (including phenoxy) is 1. The van der Waals surface area contributed by atoms with Gasteiger partial charge in [-0.25, -0.2) is 13.6 Å². The number of nitriles is 1. The highest BCUT2D eigenvalue weighted by Crippen LogP contribution is 2.38. The van der Waals surface area contributed by atoms with Crippen LogP contribution in [0, 0.1) is 34.8 Å². The number of halogens is 2. The summed E-state index contributed by atoms with van der Waals surface area (Å²) in [6, 6.07) is 17.5. The van der Waals surface area contributed by atoms with Crippen molar-refractivity contribution in [1.82, 2.24) is 5.32 Å². The van der Waals surface area contributed by atoms with E-state index in [9.17, 15) is 18.4 Å². The Labute approximate surface area is 201 Å². The number of rotatable bonds is 8. The van der Waals surface area contributed by atoms with Crippen molar-refractivity contribution in [1.29, 1.82) is 5.26 Å². The summed E-state index contributed by atoms with van der Waals surface area (Å²) in [5.41, 5.74) is 2.04. The second-order valence-corrected chi connectivity index (χ2v) is 8.35. The van der Waals surface area contributed by atoms with Crippen LogP contribution in [0.4, 0.5) is 14.5 Å². The summed E-state index contributed by atoms with van der Waals surface area (Å²) in [6.45, 7) is 0.646. The minimum absolute atomic E-state index is 0.0181. The fourth-order valence-corrected chi connectivity index (χ4v) is 3.95. The minimum Gasteiger partial charge on any atom is -0.465 e. The lowest BCUT2D eigenvalue weighted by Crippen LogP contribution is -2.26. The van der Waals surface area contributed by atoms with E-state index < -0.39 is 17.6 Å². The number of carbonyl (C=O) groups is 2. The van der Waals surface area contributed by atoms with E-state index in [0.29, 0.717) is 17.7 Å². The molecule has 178 valence electrons. The second-order valence-electron chi connectivity index (χ2n) is 8.35. The van der Waals surface area contributed by atoms with Crippen molar-refractivity contribution in [2.45, 2.75) is 13.0 Å². The summed E-state index contributed by atoms with van der Waals surface area (Å²) < 4.78 is 33.6. The number of esters is 1. The Balaban J connectivity index is 1.33. The number of benzene rings is 3. The molecule has 0 saturated heterocycles. The summed E-state index contributed by atoms with van der Waals surface area (Å²) in [7, 11) is 1.15. The number of amides is 1. The summed E-state index contributed by atoms with van der Waals surface area (Å²) in [5, 5.41) is 14.9. The first-order valence-corrected chi connectivity index (χ1v) is 11.1. The zero-order chi connectivity index (χ0) is 24.9. The van der Waals surface area contributed by atoms with Gasteiger partial charge in [-0.05, 0) is 59.9 Å². The number of nitrogens with one attached hydrogen (secondary N) is 2.